The summed E-state index contributed by atoms with van der Waals surface area (Å²) in [6, 6.07) is 7.73. The van der Waals surface area contributed by atoms with E-state index in [1.54, 1.807) is 0 Å². The molecule has 17 heavy (non-hydrogen) atoms. The van der Waals surface area contributed by atoms with Gasteiger partial charge in [0.05, 0.1) is 6.20 Å². The number of aryl methyl sites for hydroxylation is 1. The quantitative estimate of drug-likeness (QED) is 0.785. The molecular formula is C12H10Cl2N2O. The van der Waals surface area contributed by atoms with Crippen LogP contribution in [0.15, 0.2) is 30.5 Å². The third kappa shape index (κ3) is 3.08. The monoisotopic (exact) mass is 268 g/mol. The van der Waals surface area contributed by atoms with Crippen LogP contribution in [0.3, 0.4) is 0 Å². The highest BCUT2D eigenvalue weighted by molar-refractivity contribution is 6.32. The molecule has 0 fully saturated rings. The first-order valence-electron chi connectivity index (χ1n) is 5.14. The van der Waals surface area contributed by atoms with Gasteiger partial charge in [0.15, 0.2) is 0 Å². The van der Waals surface area contributed by atoms with Gasteiger partial charge in [-0.25, -0.2) is 4.98 Å². The summed E-state index contributed by atoms with van der Waals surface area (Å²) in [5.74, 6) is 0.945. The van der Waals surface area contributed by atoms with Gasteiger partial charge in [0.1, 0.15) is 10.8 Å². The number of nitrogens with zero attached hydrogens (tertiary/aromatic N) is 2. The molecule has 0 saturated carbocycles. The lowest BCUT2D eigenvalue weighted by Gasteiger charge is -2.07. The van der Waals surface area contributed by atoms with Crippen LogP contribution >= 0.6 is 23.2 Å². The van der Waals surface area contributed by atoms with Crippen molar-refractivity contribution in [2.24, 2.45) is 0 Å². The van der Waals surface area contributed by atoms with Crippen molar-refractivity contribution in [1.29, 1.82) is 0 Å². The predicted octanol–water partition coefficient (Wildman–Crippen LogP) is 4.14. The summed E-state index contributed by atoms with van der Waals surface area (Å²) < 4.78 is 5.56. The lowest BCUT2D eigenvalue weighted by Crippen LogP contribution is -1.92. The van der Waals surface area contributed by atoms with E-state index in [9.17, 15) is 0 Å². The number of ether oxygens (including phenoxy) is 1. The molecule has 0 spiro atoms. The van der Waals surface area contributed by atoms with Gasteiger partial charge in [0.2, 0.25) is 11.2 Å². The van der Waals surface area contributed by atoms with Crippen molar-refractivity contribution < 1.29 is 4.74 Å². The average Bonchev–Trinajstić information content (AvgIpc) is 2.34. The molecule has 0 amide bonds. The standard InChI is InChI=1S/C12H10Cl2N2O/c1-2-8-4-3-5-9(6-8)17-11-10(13)7-15-12(14)16-11/h3-7H,2H2,1H3. The van der Waals surface area contributed by atoms with E-state index < -0.39 is 0 Å². The minimum absolute atomic E-state index is 0.107. The molecule has 0 aliphatic carbocycles. The number of hydrogen-bond donors (Lipinski definition) is 0. The topological polar surface area (TPSA) is 35.0 Å². The number of hydrogen-bond acceptors (Lipinski definition) is 3. The van der Waals surface area contributed by atoms with Gasteiger partial charge >= 0.3 is 0 Å². The Morgan fingerprint density at radius 1 is 1.29 bits per heavy atom. The summed E-state index contributed by atoms with van der Waals surface area (Å²) in [6.07, 6.45) is 2.35. The SMILES string of the molecule is CCc1cccc(Oc2nc(Cl)ncc2Cl)c1. The number of benzene rings is 1. The van der Waals surface area contributed by atoms with Crippen LogP contribution in [0.4, 0.5) is 0 Å². The minimum Gasteiger partial charge on any atom is -0.437 e. The minimum atomic E-state index is 0.107. The Bertz CT molecular complexity index is 532. The summed E-state index contributed by atoms with van der Waals surface area (Å²) in [7, 11) is 0. The molecule has 0 radical (unpaired) electrons. The Morgan fingerprint density at radius 3 is 2.88 bits per heavy atom. The number of rotatable bonds is 3. The van der Waals surface area contributed by atoms with E-state index >= 15 is 0 Å². The molecule has 0 aliphatic heterocycles. The van der Waals surface area contributed by atoms with Gasteiger partial charge in [0.25, 0.3) is 0 Å². The van der Waals surface area contributed by atoms with E-state index in [4.69, 9.17) is 27.9 Å². The van der Waals surface area contributed by atoms with Gasteiger partial charge in [-0.3, -0.25) is 0 Å². The summed E-state index contributed by atoms with van der Waals surface area (Å²) in [5, 5.41) is 0.437. The maximum atomic E-state index is 5.91. The first kappa shape index (κ1) is 12.1. The molecule has 1 heterocycles. The number of aromatic nitrogens is 2. The lowest BCUT2D eigenvalue weighted by molar-refractivity contribution is 0.461. The van der Waals surface area contributed by atoms with Crippen molar-refractivity contribution >= 4 is 23.2 Å². The summed E-state index contributed by atoms with van der Waals surface area (Å²) >= 11 is 11.6. The second-order valence-corrected chi connectivity index (χ2v) is 4.14. The molecule has 0 unspecified atom stereocenters. The highest BCUT2D eigenvalue weighted by atomic mass is 35.5. The van der Waals surface area contributed by atoms with Gasteiger partial charge in [-0.2, -0.15) is 4.98 Å². The number of halogens is 2. The summed E-state index contributed by atoms with van der Waals surface area (Å²) in [4.78, 5) is 7.68. The molecule has 2 aromatic rings. The summed E-state index contributed by atoms with van der Waals surface area (Å²) in [6.45, 7) is 2.08. The molecule has 0 atom stereocenters. The van der Waals surface area contributed by atoms with Crippen molar-refractivity contribution in [3.63, 3.8) is 0 Å². The van der Waals surface area contributed by atoms with Crippen LogP contribution in [0.1, 0.15) is 12.5 Å². The third-order valence-corrected chi connectivity index (χ3v) is 2.65. The molecule has 1 aromatic heterocycles. The van der Waals surface area contributed by atoms with Crippen LogP contribution in [-0.4, -0.2) is 9.97 Å². The fraction of sp³-hybridized carbons (Fsp3) is 0.167. The van der Waals surface area contributed by atoms with Gasteiger partial charge in [-0.05, 0) is 35.7 Å². The zero-order valence-electron chi connectivity index (χ0n) is 9.15. The van der Waals surface area contributed by atoms with Crippen molar-refractivity contribution in [3.8, 4) is 11.6 Å². The van der Waals surface area contributed by atoms with Crippen molar-refractivity contribution in [2.45, 2.75) is 13.3 Å². The molecule has 0 aliphatic rings. The van der Waals surface area contributed by atoms with Gasteiger partial charge in [0, 0.05) is 0 Å². The molecule has 88 valence electrons. The van der Waals surface area contributed by atoms with E-state index in [-0.39, 0.29) is 11.2 Å². The highest BCUT2D eigenvalue weighted by Gasteiger charge is 2.07. The molecular weight excluding hydrogens is 259 g/mol. The Balaban J connectivity index is 2.27. The average molecular weight is 269 g/mol. The molecule has 0 saturated heterocycles. The van der Waals surface area contributed by atoms with Crippen LogP contribution in [-0.2, 0) is 6.42 Å². The molecule has 0 N–H and O–H groups in total. The van der Waals surface area contributed by atoms with Crippen molar-refractivity contribution in [1.82, 2.24) is 9.97 Å². The van der Waals surface area contributed by atoms with E-state index in [0.717, 1.165) is 6.42 Å². The van der Waals surface area contributed by atoms with Crippen LogP contribution < -0.4 is 4.74 Å². The first-order valence-corrected chi connectivity index (χ1v) is 5.89. The van der Waals surface area contributed by atoms with Gasteiger partial charge < -0.3 is 4.74 Å². The molecule has 3 nitrogen and oxygen atoms in total. The molecule has 2 rings (SSSR count). The van der Waals surface area contributed by atoms with E-state index in [2.05, 4.69) is 16.9 Å². The summed E-state index contributed by atoms with van der Waals surface area (Å²) in [5.41, 5.74) is 1.18. The fourth-order valence-electron chi connectivity index (χ4n) is 1.34. The normalized spacial score (nSPS) is 10.3. The third-order valence-electron chi connectivity index (χ3n) is 2.20. The van der Waals surface area contributed by atoms with Crippen molar-refractivity contribution in [3.05, 3.63) is 46.3 Å². The largest absolute Gasteiger partial charge is 0.437 e. The lowest BCUT2D eigenvalue weighted by atomic mass is 10.2. The Hall–Kier alpha value is -1.32. The predicted molar refractivity (Wildman–Crippen MR) is 67.9 cm³/mol. The Labute approximate surface area is 109 Å². The highest BCUT2D eigenvalue weighted by Crippen LogP contribution is 2.27. The van der Waals surface area contributed by atoms with Crippen molar-refractivity contribution in [2.75, 3.05) is 0 Å². The van der Waals surface area contributed by atoms with Gasteiger partial charge in [-0.1, -0.05) is 30.7 Å². The fourth-order valence-corrected chi connectivity index (χ4v) is 1.60. The Morgan fingerprint density at radius 2 is 2.12 bits per heavy atom. The van der Waals surface area contributed by atoms with E-state index in [1.807, 2.05) is 24.3 Å². The Kier molecular flexibility index (Phi) is 3.82. The van der Waals surface area contributed by atoms with Gasteiger partial charge in [-0.15, -0.1) is 0 Å². The zero-order chi connectivity index (χ0) is 12.3. The zero-order valence-corrected chi connectivity index (χ0v) is 10.7. The second kappa shape index (κ2) is 5.34. The van der Waals surface area contributed by atoms with Crippen LogP contribution in [0, 0.1) is 0 Å². The van der Waals surface area contributed by atoms with E-state index in [1.165, 1.54) is 11.8 Å². The molecule has 5 heteroatoms. The maximum absolute atomic E-state index is 5.91. The van der Waals surface area contributed by atoms with Crippen LogP contribution in [0.25, 0.3) is 0 Å². The smallest absolute Gasteiger partial charge is 0.242 e. The van der Waals surface area contributed by atoms with Crippen LogP contribution in [0.5, 0.6) is 11.6 Å². The molecule has 0 bridgehead atoms. The van der Waals surface area contributed by atoms with E-state index in [0.29, 0.717) is 10.8 Å². The molecule has 1 aromatic carbocycles. The van der Waals surface area contributed by atoms with Crippen LogP contribution in [0.2, 0.25) is 10.3 Å². The second-order valence-electron chi connectivity index (χ2n) is 3.40. The maximum Gasteiger partial charge on any atom is 0.242 e. The first-order chi connectivity index (χ1) is 8.19.